The first-order valence-electron chi connectivity index (χ1n) is 8.87. The molecule has 3 aromatic heterocycles. The topological polar surface area (TPSA) is 106 Å². The van der Waals surface area contributed by atoms with Gasteiger partial charge < -0.3 is 15.2 Å². The van der Waals surface area contributed by atoms with Gasteiger partial charge in [-0.2, -0.15) is 4.98 Å². The molecule has 10 heteroatoms. The van der Waals surface area contributed by atoms with Crippen LogP contribution in [-0.2, 0) is 6.42 Å². The van der Waals surface area contributed by atoms with Gasteiger partial charge in [0.2, 0.25) is 11.7 Å². The molecule has 0 saturated carbocycles. The summed E-state index contributed by atoms with van der Waals surface area (Å²) in [5.41, 5.74) is 3.54. The highest BCUT2D eigenvalue weighted by Gasteiger charge is 2.15. The molecule has 2 N–H and O–H groups in total. The fourth-order valence-electron chi connectivity index (χ4n) is 2.99. The van der Waals surface area contributed by atoms with Crippen molar-refractivity contribution in [3.63, 3.8) is 0 Å². The van der Waals surface area contributed by atoms with Crippen molar-refractivity contribution in [1.82, 2.24) is 20.1 Å². The van der Waals surface area contributed by atoms with Crippen molar-refractivity contribution in [1.29, 1.82) is 0 Å². The summed E-state index contributed by atoms with van der Waals surface area (Å²) in [6.45, 7) is 5.66. The molecule has 0 atom stereocenters. The van der Waals surface area contributed by atoms with E-state index in [-0.39, 0.29) is 0 Å². The highest BCUT2D eigenvalue weighted by Crippen LogP contribution is 2.29. The number of thiazole rings is 1. The molecule has 0 bridgehead atoms. The van der Waals surface area contributed by atoms with Gasteiger partial charge in [-0.1, -0.05) is 35.0 Å². The SMILES string of the molecule is CCc1c(NC(=O)Nc2cc(Cl)cc(-c3noc(C)n3)c2)cnc2sc(C)nc12. The van der Waals surface area contributed by atoms with Crippen molar-refractivity contribution in [2.45, 2.75) is 27.2 Å². The van der Waals surface area contributed by atoms with Crippen molar-refractivity contribution in [3.8, 4) is 11.4 Å². The van der Waals surface area contributed by atoms with Crippen molar-refractivity contribution in [2.75, 3.05) is 10.6 Å². The predicted octanol–water partition coefficient (Wildman–Crippen LogP) is 5.22. The summed E-state index contributed by atoms with van der Waals surface area (Å²) in [5.74, 6) is 0.842. The lowest BCUT2D eigenvalue weighted by Crippen LogP contribution is -2.20. The summed E-state index contributed by atoms with van der Waals surface area (Å²) in [5, 5.41) is 10.9. The lowest BCUT2D eigenvalue weighted by molar-refractivity contribution is 0.262. The Labute approximate surface area is 175 Å². The smallest absolute Gasteiger partial charge is 0.323 e. The standard InChI is InChI=1S/C19H17ClN6O2S/c1-4-14-15(8-21-18-16(14)23-10(3)29-18)25-19(27)24-13-6-11(5-12(20)7-13)17-22-9(2)28-26-17/h5-8H,4H2,1-3H3,(H2,24,25,27). The number of urea groups is 1. The van der Waals surface area contributed by atoms with E-state index >= 15 is 0 Å². The monoisotopic (exact) mass is 428 g/mol. The summed E-state index contributed by atoms with van der Waals surface area (Å²) >= 11 is 7.72. The molecule has 0 unspecified atom stereocenters. The number of anilines is 2. The van der Waals surface area contributed by atoms with Crippen molar-refractivity contribution >= 4 is 50.7 Å². The van der Waals surface area contributed by atoms with E-state index in [4.69, 9.17) is 16.1 Å². The second-order valence-electron chi connectivity index (χ2n) is 6.34. The van der Waals surface area contributed by atoms with Gasteiger partial charge in [0.15, 0.2) is 0 Å². The third-order valence-corrected chi connectivity index (χ3v) is 5.28. The second kappa shape index (κ2) is 7.76. The second-order valence-corrected chi connectivity index (χ2v) is 7.95. The van der Waals surface area contributed by atoms with Crippen LogP contribution in [0.2, 0.25) is 5.02 Å². The Morgan fingerprint density at radius 2 is 2.03 bits per heavy atom. The van der Waals surface area contributed by atoms with Crippen molar-refractivity contribution < 1.29 is 9.32 Å². The number of aromatic nitrogens is 4. The fourth-order valence-corrected chi connectivity index (χ4v) is 4.01. The fraction of sp³-hybridized carbons (Fsp3) is 0.211. The summed E-state index contributed by atoms with van der Waals surface area (Å²) in [4.78, 5) is 26.6. The van der Waals surface area contributed by atoms with E-state index in [1.165, 1.54) is 11.3 Å². The largest absolute Gasteiger partial charge is 0.339 e. The highest BCUT2D eigenvalue weighted by atomic mass is 35.5. The first-order valence-corrected chi connectivity index (χ1v) is 10.1. The Kier molecular flexibility index (Phi) is 5.16. The van der Waals surface area contributed by atoms with Gasteiger partial charge in [0.05, 0.1) is 16.9 Å². The number of benzene rings is 1. The van der Waals surface area contributed by atoms with E-state index in [0.29, 0.717) is 33.7 Å². The average molecular weight is 429 g/mol. The van der Waals surface area contributed by atoms with Crippen LogP contribution < -0.4 is 10.6 Å². The van der Waals surface area contributed by atoms with Crippen LogP contribution >= 0.6 is 22.9 Å². The maximum atomic E-state index is 12.6. The minimum Gasteiger partial charge on any atom is -0.339 e. The maximum Gasteiger partial charge on any atom is 0.323 e. The molecule has 0 fully saturated rings. The summed E-state index contributed by atoms with van der Waals surface area (Å²) in [7, 11) is 0. The molecule has 1 aromatic carbocycles. The third-order valence-electron chi connectivity index (χ3n) is 4.18. The molecule has 0 aliphatic carbocycles. The van der Waals surface area contributed by atoms with Crippen LogP contribution in [0.15, 0.2) is 28.9 Å². The summed E-state index contributed by atoms with van der Waals surface area (Å²) < 4.78 is 5.01. The molecule has 0 aliphatic heterocycles. The third kappa shape index (κ3) is 4.06. The number of nitrogens with one attached hydrogen (secondary N) is 2. The first-order chi connectivity index (χ1) is 13.9. The lowest BCUT2D eigenvalue weighted by Gasteiger charge is -2.12. The number of rotatable bonds is 4. The molecule has 4 aromatic rings. The lowest BCUT2D eigenvalue weighted by atomic mass is 10.1. The van der Waals surface area contributed by atoms with E-state index in [9.17, 15) is 4.79 Å². The Hall–Kier alpha value is -3.04. The molecule has 2 amide bonds. The number of carbonyl (C=O) groups is 1. The molecule has 148 valence electrons. The van der Waals surface area contributed by atoms with Crippen LogP contribution in [-0.4, -0.2) is 26.1 Å². The van der Waals surface area contributed by atoms with Crippen LogP contribution in [0, 0.1) is 13.8 Å². The van der Waals surface area contributed by atoms with Crippen LogP contribution in [0.1, 0.15) is 23.4 Å². The molecule has 0 spiro atoms. The quantitative estimate of drug-likeness (QED) is 0.461. The van der Waals surface area contributed by atoms with Crippen molar-refractivity contribution in [2.24, 2.45) is 0 Å². The number of nitrogens with zero attached hydrogens (tertiary/aromatic N) is 4. The zero-order valence-electron chi connectivity index (χ0n) is 15.9. The zero-order chi connectivity index (χ0) is 20.5. The number of hydrogen-bond acceptors (Lipinski definition) is 7. The number of carbonyl (C=O) groups excluding carboxylic acids is 1. The van der Waals surface area contributed by atoms with Gasteiger partial charge in [0.1, 0.15) is 10.3 Å². The molecule has 8 nitrogen and oxygen atoms in total. The van der Waals surface area contributed by atoms with E-state index in [1.807, 2.05) is 13.8 Å². The van der Waals surface area contributed by atoms with Crippen LogP contribution in [0.4, 0.5) is 16.2 Å². The van der Waals surface area contributed by atoms with Crippen molar-refractivity contribution in [3.05, 3.63) is 45.9 Å². The number of fused-ring (bicyclic) bond motifs is 1. The van der Waals surface area contributed by atoms with Gasteiger partial charge in [-0.25, -0.2) is 14.8 Å². The molecule has 0 saturated heterocycles. The Balaban J connectivity index is 1.57. The van der Waals surface area contributed by atoms with Crippen LogP contribution in [0.5, 0.6) is 0 Å². The number of hydrogen-bond donors (Lipinski definition) is 2. The number of halogens is 1. The summed E-state index contributed by atoms with van der Waals surface area (Å²) in [6.07, 6.45) is 2.38. The van der Waals surface area contributed by atoms with E-state index in [0.717, 1.165) is 27.3 Å². The number of amides is 2. The van der Waals surface area contributed by atoms with Crippen LogP contribution in [0.25, 0.3) is 21.7 Å². The Morgan fingerprint density at radius 1 is 1.21 bits per heavy atom. The van der Waals surface area contributed by atoms with E-state index < -0.39 is 6.03 Å². The van der Waals surface area contributed by atoms with Gasteiger partial charge in [-0.3, -0.25) is 0 Å². The predicted molar refractivity (Wildman–Crippen MR) is 114 cm³/mol. The maximum absolute atomic E-state index is 12.6. The minimum absolute atomic E-state index is 0.398. The normalized spacial score (nSPS) is 11.0. The zero-order valence-corrected chi connectivity index (χ0v) is 17.5. The molecule has 4 rings (SSSR count). The van der Waals surface area contributed by atoms with Crippen LogP contribution in [0.3, 0.4) is 0 Å². The minimum atomic E-state index is -0.412. The van der Waals surface area contributed by atoms with Gasteiger partial charge in [0.25, 0.3) is 0 Å². The molecule has 3 heterocycles. The summed E-state index contributed by atoms with van der Waals surface area (Å²) in [6, 6.07) is 4.66. The number of pyridine rings is 1. The molecular formula is C19H17ClN6O2S. The van der Waals surface area contributed by atoms with Gasteiger partial charge >= 0.3 is 6.03 Å². The first kappa shape index (κ1) is 19.3. The van der Waals surface area contributed by atoms with Gasteiger partial charge in [-0.15, -0.1) is 0 Å². The average Bonchev–Trinajstić information content (AvgIpc) is 3.26. The molecule has 29 heavy (non-hydrogen) atoms. The molecule has 0 aliphatic rings. The van der Waals surface area contributed by atoms with Gasteiger partial charge in [-0.05, 0) is 31.5 Å². The Bertz CT molecular complexity index is 1220. The van der Waals surface area contributed by atoms with E-state index in [1.54, 1.807) is 31.3 Å². The number of aryl methyl sites for hydroxylation is 3. The highest BCUT2D eigenvalue weighted by molar-refractivity contribution is 7.18. The molecular weight excluding hydrogens is 412 g/mol. The molecule has 0 radical (unpaired) electrons. The Morgan fingerprint density at radius 3 is 2.76 bits per heavy atom. The van der Waals surface area contributed by atoms with E-state index in [2.05, 4.69) is 30.7 Å². The van der Waals surface area contributed by atoms with Gasteiger partial charge in [0, 0.05) is 28.8 Å².